The van der Waals surface area contributed by atoms with Crippen molar-refractivity contribution in [1.29, 1.82) is 0 Å². The van der Waals surface area contributed by atoms with Gasteiger partial charge in [-0.1, -0.05) is 36.4 Å². The Morgan fingerprint density at radius 1 is 1.06 bits per heavy atom. The highest BCUT2D eigenvalue weighted by Gasteiger charge is 2.30. The van der Waals surface area contributed by atoms with E-state index in [0.29, 0.717) is 23.2 Å². The average molecular weight is 448 g/mol. The third kappa shape index (κ3) is 6.88. The van der Waals surface area contributed by atoms with Gasteiger partial charge in [0.1, 0.15) is 11.6 Å². The van der Waals surface area contributed by atoms with Gasteiger partial charge in [0.15, 0.2) is 0 Å². The van der Waals surface area contributed by atoms with E-state index in [1.807, 2.05) is 36.6 Å². The molecule has 3 rings (SSSR count). The van der Waals surface area contributed by atoms with Gasteiger partial charge in [-0.05, 0) is 36.1 Å². The number of aromatic nitrogens is 2. The van der Waals surface area contributed by atoms with Gasteiger partial charge in [0, 0.05) is 12.2 Å². The monoisotopic (exact) mass is 448 g/mol. The second kappa shape index (κ2) is 10.2. The van der Waals surface area contributed by atoms with Gasteiger partial charge in [-0.25, -0.2) is 14.8 Å². The molecule has 0 spiro atoms. The number of nitrogens with zero attached hydrogens (tertiary/aromatic N) is 2. The van der Waals surface area contributed by atoms with Crippen LogP contribution in [0.25, 0.3) is 0 Å². The fourth-order valence-electron chi connectivity index (χ4n) is 2.57. The maximum absolute atomic E-state index is 12.8. The summed E-state index contributed by atoms with van der Waals surface area (Å²) in [4.78, 5) is 20.7. The molecule has 0 fully saturated rings. The minimum atomic E-state index is -4.50. The molecule has 1 aromatic heterocycles. The van der Waals surface area contributed by atoms with Crippen molar-refractivity contribution in [2.75, 3.05) is 16.9 Å². The highest BCUT2D eigenvalue weighted by atomic mass is 32.2. The Morgan fingerprint density at radius 2 is 1.84 bits per heavy atom. The van der Waals surface area contributed by atoms with Crippen LogP contribution in [-0.4, -0.2) is 22.3 Å². The smallest absolute Gasteiger partial charge is 0.416 e. The van der Waals surface area contributed by atoms with E-state index in [1.54, 1.807) is 6.07 Å². The van der Waals surface area contributed by atoms with Crippen molar-refractivity contribution in [3.8, 4) is 0 Å². The molecule has 0 aliphatic rings. The van der Waals surface area contributed by atoms with E-state index < -0.39 is 17.8 Å². The Morgan fingerprint density at radius 3 is 2.55 bits per heavy atom. The van der Waals surface area contributed by atoms with Gasteiger partial charge < -0.3 is 10.1 Å². The summed E-state index contributed by atoms with van der Waals surface area (Å²) in [7, 11) is 0. The van der Waals surface area contributed by atoms with Crippen molar-refractivity contribution in [2.24, 2.45) is 0 Å². The van der Waals surface area contributed by atoms with Gasteiger partial charge in [0.25, 0.3) is 0 Å². The van der Waals surface area contributed by atoms with E-state index >= 15 is 0 Å². The number of hydrogen-bond donors (Lipinski definition) is 2. The summed E-state index contributed by atoms with van der Waals surface area (Å²) >= 11 is 1.41. The summed E-state index contributed by atoms with van der Waals surface area (Å²) in [5.74, 6) is 0.382. The van der Waals surface area contributed by atoms with Gasteiger partial charge in [0.2, 0.25) is 5.95 Å². The zero-order valence-corrected chi connectivity index (χ0v) is 17.3. The number of carbonyl (C=O) groups is 1. The molecule has 2 aromatic carbocycles. The van der Waals surface area contributed by atoms with E-state index in [2.05, 4.69) is 20.6 Å². The summed E-state index contributed by atoms with van der Waals surface area (Å²) in [6, 6.07) is 15.7. The molecule has 6 nitrogen and oxygen atoms in total. The zero-order valence-electron chi connectivity index (χ0n) is 16.4. The minimum Gasteiger partial charge on any atom is -0.443 e. The van der Waals surface area contributed by atoms with E-state index in [9.17, 15) is 18.0 Å². The molecule has 0 unspecified atom stereocenters. The zero-order chi connectivity index (χ0) is 22.3. The van der Waals surface area contributed by atoms with E-state index in [4.69, 9.17) is 4.74 Å². The van der Waals surface area contributed by atoms with Crippen molar-refractivity contribution >= 4 is 29.5 Å². The number of ether oxygens (including phenoxy) is 1. The maximum atomic E-state index is 12.8. The number of carbonyl (C=O) groups excluding carboxylic acids is 1. The minimum absolute atomic E-state index is 0.0162. The molecule has 0 saturated carbocycles. The maximum Gasteiger partial charge on any atom is 0.416 e. The number of halogens is 3. The largest absolute Gasteiger partial charge is 0.443 e. The number of thioether (sulfide) groups is 1. The van der Waals surface area contributed by atoms with Crippen molar-refractivity contribution < 1.29 is 22.7 Å². The molecule has 1 amide bonds. The van der Waals surface area contributed by atoms with Gasteiger partial charge in [-0.3, -0.25) is 5.32 Å². The lowest BCUT2D eigenvalue weighted by Gasteiger charge is -2.11. The van der Waals surface area contributed by atoms with E-state index in [1.165, 1.54) is 23.9 Å². The number of benzene rings is 2. The number of rotatable bonds is 7. The Balaban J connectivity index is 1.61. The topological polar surface area (TPSA) is 76.1 Å². The summed E-state index contributed by atoms with van der Waals surface area (Å²) < 4.78 is 43.5. The summed E-state index contributed by atoms with van der Waals surface area (Å²) in [6.45, 7) is 0.357. The van der Waals surface area contributed by atoms with Gasteiger partial charge in [-0.2, -0.15) is 13.2 Å². The van der Waals surface area contributed by atoms with E-state index in [-0.39, 0.29) is 12.3 Å². The van der Waals surface area contributed by atoms with Crippen LogP contribution in [0.4, 0.5) is 29.6 Å². The molecular weight excluding hydrogens is 429 g/mol. The SMILES string of the molecule is CSc1cc(COC(=O)Nc2cccc(C(F)(F)F)c2)nc(NCc2ccccc2)n1. The standard InChI is InChI=1S/C21H19F3N4O2S/c1-31-18-11-17(26-19(28-18)25-12-14-6-3-2-4-7-14)13-30-20(29)27-16-9-5-8-15(10-16)21(22,23)24/h2-11H,12-13H2,1H3,(H,27,29)(H,25,26,28). The Bertz CT molecular complexity index is 1030. The Kier molecular flexibility index (Phi) is 7.35. The number of amides is 1. The summed E-state index contributed by atoms with van der Waals surface area (Å²) in [5, 5.41) is 6.10. The molecule has 31 heavy (non-hydrogen) atoms. The van der Waals surface area contributed by atoms with Crippen LogP contribution in [0.1, 0.15) is 16.8 Å². The Labute approximate surface area is 181 Å². The predicted molar refractivity (Wildman–Crippen MR) is 113 cm³/mol. The highest BCUT2D eigenvalue weighted by molar-refractivity contribution is 7.98. The molecule has 0 aliphatic carbocycles. The van der Waals surface area contributed by atoms with Crippen LogP contribution in [0.5, 0.6) is 0 Å². The molecule has 0 bridgehead atoms. The van der Waals surface area contributed by atoms with Crippen LogP contribution >= 0.6 is 11.8 Å². The fourth-order valence-corrected chi connectivity index (χ4v) is 3.01. The van der Waals surface area contributed by atoms with Crippen molar-refractivity contribution in [3.63, 3.8) is 0 Å². The molecule has 162 valence electrons. The molecule has 2 N–H and O–H groups in total. The predicted octanol–water partition coefficient (Wildman–Crippen LogP) is 5.58. The molecule has 0 saturated heterocycles. The molecule has 3 aromatic rings. The first-order chi connectivity index (χ1) is 14.8. The van der Waals surface area contributed by atoms with Gasteiger partial charge in [0.05, 0.1) is 11.3 Å². The van der Waals surface area contributed by atoms with Crippen molar-refractivity contribution in [2.45, 2.75) is 24.4 Å². The molecule has 0 aliphatic heterocycles. The lowest BCUT2D eigenvalue weighted by atomic mass is 10.2. The normalized spacial score (nSPS) is 11.1. The first-order valence-electron chi connectivity index (χ1n) is 9.14. The van der Waals surface area contributed by atoms with E-state index in [0.717, 1.165) is 17.7 Å². The van der Waals surface area contributed by atoms with Crippen LogP contribution in [0.2, 0.25) is 0 Å². The third-order valence-corrected chi connectivity index (χ3v) is 4.67. The molecule has 10 heteroatoms. The quantitative estimate of drug-likeness (QED) is 0.363. The second-order valence-electron chi connectivity index (χ2n) is 6.34. The van der Waals surface area contributed by atoms with Crippen molar-refractivity contribution in [1.82, 2.24) is 9.97 Å². The summed E-state index contributed by atoms with van der Waals surface area (Å²) in [6.07, 6.45) is -3.53. The van der Waals surface area contributed by atoms with Crippen molar-refractivity contribution in [3.05, 3.63) is 77.5 Å². The highest BCUT2D eigenvalue weighted by Crippen LogP contribution is 2.30. The number of anilines is 2. The number of alkyl halides is 3. The van der Waals surface area contributed by atoms with Crippen LogP contribution in [0.3, 0.4) is 0 Å². The van der Waals surface area contributed by atoms with Crippen LogP contribution in [-0.2, 0) is 24.1 Å². The molecule has 0 atom stereocenters. The number of hydrogen-bond acceptors (Lipinski definition) is 6. The van der Waals surface area contributed by atoms with Gasteiger partial charge >= 0.3 is 12.3 Å². The lowest BCUT2D eigenvalue weighted by molar-refractivity contribution is -0.137. The molecular formula is C21H19F3N4O2S. The second-order valence-corrected chi connectivity index (χ2v) is 7.17. The molecule has 0 radical (unpaired) electrons. The van der Waals surface area contributed by atoms with Crippen LogP contribution < -0.4 is 10.6 Å². The first-order valence-corrected chi connectivity index (χ1v) is 10.4. The first kappa shape index (κ1) is 22.4. The summed E-state index contributed by atoms with van der Waals surface area (Å²) in [5.41, 5.74) is 0.630. The van der Waals surface area contributed by atoms with Crippen LogP contribution in [0.15, 0.2) is 65.7 Å². The lowest BCUT2D eigenvalue weighted by Crippen LogP contribution is -2.15. The van der Waals surface area contributed by atoms with Crippen LogP contribution in [0, 0.1) is 0 Å². The third-order valence-electron chi connectivity index (χ3n) is 4.05. The molecule has 1 heterocycles. The Hall–Kier alpha value is -3.27. The van der Waals surface area contributed by atoms with Gasteiger partial charge in [-0.15, -0.1) is 11.8 Å². The number of nitrogens with one attached hydrogen (secondary N) is 2. The average Bonchev–Trinajstić information content (AvgIpc) is 2.76. The fraction of sp³-hybridized carbons (Fsp3) is 0.190.